The molecular formula is C20H26ClFIN3O3S. The SMILES string of the molecule is CN=C(NCc1cc(F)ccc1CS(C)(=O)=O)NCC(C)Oc1cccc(Cl)c1.I. The maximum Gasteiger partial charge on any atom is 0.191 e. The van der Waals surface area contributed by atoms with E-state index in [1.54, 1.807) is 19.2 Å². The molecule has 0 saturated heterocycles. The number of guanidine groups is 1. The Morgan fingerprint density at radius 2 is 1.93 bits per heavy atom. The molecule has 0 amide bonds. The molecule has 0 aliphatic rings. The topological polar surface area (TPSA) is 79.8 Å². The van der Waals surface area contributed by atoms with Crippen LogP contribution in [0.15, 0.2) is 47.5 Å². The molecule has 10 heteroatoms. The molecule has 30 heavy (non-hydrogen) atoms. The van der Waals surface area contributed by atoms with Crippen LogP contribution in [0, 0.1) is 5.82 Å². The fraction of sp³-hybridized carbons (Fsp3) is 0.350. The highest BCUT2D eigenvalue weighted by atomic mass is 127. The van der Waals surface area contributed by atoms with Crippen molar-refractivity contribution in [2.45, 2.75) is 25.3 Å². The highest BCUT2D eigenvalue weighted by molar-refractivity contribution is 14.0. The van der Waals surface area contributed by atoms with Crippen molar-refractivity contribution in [1.29, 1.82) is 0 Å². The largest absolute Gasteiger partial charge is 0.489 e. The van der Waals surface area contributed by atoms with Crippen molar-refractivity contribution >= 4 is 51.4 Å². The number of benzene rings is 2. The van der Waals surface area contributed by atoms with E-state index in [-0.39, 0.29) is 42.4 Å². The number of hydrogen-bond donors (Lipinski definition) is 2. The number of halogens is 3. The molecule has 2 N–H and O–H groups in total. The van der Waals surface area contributed by atoms with Crippen LogP contribution in [0.3, 0.4) is 0 Å². The van der Waals surface area contributed by atoms with Gasteiger partial charge in [-0.05, 0) is 48.4 Å². The van der Waals surface area contributed by atoms with Crippen LogP contribution in [0.4, 0.5) is 4.39 Å². The zero-order valence-corrected chi connectivity index (χ0v) is 20.9. The van der Waals surface area contributed by atoms with Crippen molar-refractivity contribution in [3.8, 4) is 5.75 Å². The molecule has 0 aliphatic heterocycles. The molecule has 0 fully saturated rings. The zero-order chi connectivity index (χ0) is 21.4. The van der Waals surface area contributed by atoms with Crippen LogP contribution < -0.4 is 15.4 Å². The molecule has 0 aliphatic carbocycles. The maximum absolute atomic E-state index is 13.6. The first kappa shape index (κ1) is 26.4. The highest BCUT2D eigenvalue weighted by Gasteiger charge is 2.12. The lowest BCUT2D eigenvalue weighted by molar-refractivity contribution is 0.224. The summed E-state index contributed by atoms with van der Waals surface area (Å²) in [5, 5.41) is 6.79. The average Bonchev–Trinajstić information content (AvgIpc) is 2.63. The van der Waals surface area contributed by atoms with Crippen molar-refractivity contribution < 1.29 is 17.5 Å². The first-order valence-corrected chi connectivity index (χ1v) is 11.4. The third-order valence-electron chi connectivity index (χ3n) is 3.95. The predicted molar refractivity (Wildman–Crippen MR) is 130 cm³/mol. The van der Waals surface area contributed by atoms with E-state index in [9.17, 15) is 12.8 Å². The zero-order valence-electron chi connectivity index (χ0n) is 17.0. The van der Waals surface area contributed by atoms with E-state index < -0.39 is 15.7 Å². The van der Waals surface area contributed by atoms with Crippen LogP contribution in [-0.2, 0) is 22.1 Å². The van der Waals surface area contributed by atoms with Gasteiger partial charge in [-0.1, -0.05) is 23.7 Å². The molecule has 0 aromatic heterocycles. The van der Waals surface area contributed by atoms with Gasteiger partial charge in [-0.3, -0.25) is 4.99 Å². The summed E-state index contributed by atoms with van der Waals surface area (Å²) in [5.41, 5.74) is 1.11. The fourth-order valence-electron chi connectivity index (χ4n) is 2.64. The summed E-state index contributed by atoms with van der Waals surface area (Å²) >= 11 is 5.95. The molecule has 0 bridgehead atoms. The third kappa shape index (κ3) is 9.48. The summed E-state index contributed by atoms with van der Waals surface area (Å²) in [5.74, 6) is 0.576. The number of nitrogens with zero attached hydrogens (tertiary/aromatic N) is 1. The Balaban J connectivity index is 0.00000450. The minimum Gasteiger partial charge on any atom is -0.489 e. The smallest absolute Gasteiger partial charge is 0.191 e. The van der Waals surface area contributed by atoms with Crippen molar-refractivity contribution in [1.82, 2.24) is 10.6 Å². The van der Waals surface area contributed by atoms with Crippen LogP contribution >= 0.6 is 35.6 Å². The Hall–Kier alpha value is -1.59. The molecule has 2 aromatic rings. The van der Waals surface area contributed by atoms with Gasteiger partial charge in [0.15, 0.2) is 15.8 Å². The van der Waals surface area contributed by atoms with Crippen LogP contribution in [0.25, 0.3) is 0 Å². The summed E-state index contributed by atoms with van der Waals surface area (Å²) < 4.78 is 42.6. The van der Waals surface area contributed by atoms with Crippen LogP contribution in [0.2, 0.25) is 5.02 Å². The van der Waals surface area contributed by atoms with Crippen molar-refractivity contribution in [2.24, 2.45) is 4.99 Å². The second kappa shape index (κ2) is 12.3. The molecule has 0 heterocycles. The minimum atomic E-state index is -3.23. The number of aliphatic imine (C=N–C) groups is 1. The summed E-state index contributed by atoms with van der Waals surface area (Å²) in [6.07, 6.45) is 0.983. The van der Waals surface area contributed by atoms with E-state index in [1.807, 2.05) is 19.1 Å². The van der Waals surface area contributed by atoms with Gasteiger partial charge in [0.1, 0.15) is 17.7 Å². The molecule has 2 aromatic carbocycles. The second-order valence-corrected chi connectivity index (χ2v) is 9.25. The van der Waals surface area contributed by atoms with Crippen LogP contribution in [0.1, 0.15) is 18.1 Å². The van der Waals surface area contributed by atoms with Gasteiger partial charge in [-0.25, -0.2) is 12.8 Å². The van der Waals surface area contributed by atoms with Gasteiger partial charge < -0.3 is 15.4 Å². The second-order valence-electron chi connectivity index (χ2n) is 6.68. The first-order valence-electron chi connectivity index (χ1n) is 8.98. The van der Waals surface area contributed by atoms with E-state index >= 15 is 0 Å². The van der Waals surface area contributed by atoms with Gasteiger partial charge in [0.05, 0.1) is 12.3 Å². The van der Waals surface area contributed by atoms with E-state index in [2.05, 4.69) is 15.6 Å². The third-order valence-corrected chi connectivity index (χ3v) is 5.02. The predicted octanol–water partition coefficient (Wildman–Crippen LogP) is 3.77. The lowest BCUT2D eigenvalue weighted by atomic mass is 10.1. The van der Waals surface area contributed by atoms with Crippen molar-refractivity contribution in [3.63, 3.8) is 0 Å². The lowest BCUT2D eigenvalue weighted by Crippen LogP contribution is -2.41. The van der Waals surface area contributed by atoms with Crippen molar-refractivity contribution in [3.05, 3.63) is 64.4 Å². The van der Waals surface area contributed by atoms with Gasteiger partial charge in [0.2, 0.25) is 0 Å². The minimum absolute atomic E-state index is 0. The molecule has 1 atom stereocenters. The van der Waals surface area contributed by atoms with Crippen LogP contribution in [-0.4, -0.2) is 40.3 Å². The van der Waals surface area contributed by atoms with Crippen molar-refractivity contribution in [2.75, 3.05) is 19.8 Å². The molecule has 2 rings (SSSR count). The molecule has 0 radical (unpaired) electrons. The van der Waals surface area contributed by atoms with Gasteiger partial charge >= 0.3 is 0 Å². The van der Waals surface area contributed by atoms with Gasteiger partial charge in [0.25, 0.3) is 0 Å². The Morgan fingerprint density at radius 3 is 2.57 bits per heavy atom. The molecule has 0 spiro atoms. The van der Waals surface area contributed by atoms with Crippen LogP contribution in [0.5, 0.6) is 5.75 Å². The van der Waals surface area contributed by atoms with E-state index in [0.29, 0.717) is 34.4 Å². The summed E-state index contributed by atoms with van der Waals surface area (Å²) in [6.45, 7) is 2.59. The van der Waals surface area contributed by atoms with E-state index in [0.717, 1.165) is 6.26 Å². The number of nitrogens with one attached hydrogen (secondary N) is 2. The Kier molecular flexibility index (Phi) is 10.9. The number of rotatable bonds is 8. The standard InChI is InChI=1S/C20H25ClFN3O3S.HI/c1-14(28-19-6-4-5-17(21)10-19)11-24-20(23-2)25-12-16-9-18(22)8-7-15(16)13-29(3,26)27;/h4-10,14H,11-13H2,1-3H3,(H2,23,24,25);1H. The Morgan fingerprint density at radius 1 is 1.20 bits per heavy atom. The molecule has 6 nitrogen and oxygen atoms in total. The first-order chi connectivity index (χ1) is 13.7. The monoisotopic (exact) mass is 569 g/mol. The molecular weight excluding hydrogens is 544 g/mol. The fourth-order valence-corrected chi connectivity index (χ4v) is 3.66. The Bertz CT molecular complexity index is 974. The summed E-state index contributed by atoms with van der Waals surface area (Å²) in [6, 6.07) is 11.2. The molecule has 166 valence electrons. The normalized spacial score (nSPS) is 12.6. The molecule has 1 unspecified atom stereocenters. The number of hydrogen-bond acceptors (Lipinski definition) is 4. The lowest BCUT2D eigenvalue weighted by Gasteiger charge is -2.18. The number of sulfone groups is 1. The van der Waals surface area contributed by atoms with Gasteiger partial charge in [-0.15, -0.1) is 24.0 Å². The Labute approximate surface area is 199 Å². The van der Waals surface area contributed by atoms with Gasteiger partial charge in [0, 0.05) is 24.9 Å². The van der Waals surface area contributed by atoms with Gasteiger partial charge in [-0.2, -0.15) is 0 Å². The van der Waals surface area contributed by atoms with E-state index in [4.69, 9.17) is 16.3 Å². The average molecular weight is 570 g/mol. The number of ether oxygens (including phenoxy) is 1. The summed E-state index contributed by atoms with van der Waals surface area (Å²) in [4.78, 5) is 4.13. The summed E-state index contributed by atoms with van der Waals surface area (Å²) in [7, 11) is -1.62. The quantitative estimate of drug-likeness (QED) is 0.287. The highest BCUT2D eigenvalue weighted by Crippen LogP contribution is 2.18. The molecule has 0 saturated carbocycles. The van der Waals surface area contributed by atoms with E-state index in [1.165, 1.54) is 18.2 Å². The maximum atomic E-state index is 13.6.